The largest absolute Gasteiger partial charge is 0.300 e. The summed E-state index contributed by atoms with van der Waals surface area (Å²) in [5.41, 5.74) is -0.504. The van der Waals surface area contributed by atoms with Crippen LogP contribution in [0.15, 0.2) is 23.1 Å². The summed E-state index contributed by atoms with van der Waals surface area (Å²) in [4.78, 5) is 0.326. The number of nitrogens with zero attached hydrogens (tertiary/aromatic N) is 1. The Morgan fingerprint density at radius 2 is 2.10 bits per heavy atom. The number of thioether (sulfide) groups is 1. The summed E-state index contributed by atoms with van der Waals surface area (Å²) in [5.74, 6) is -0.165. The lowest BCUT2D eigenvalue weighted by atomic mass is 9.92. The number of halogens is 2. The van der Waals surface area contributed by atoms with Gasteiger partial charge in [-0.15, -0.1) is 11.8 Å². The minimum Gasteiger partial charge on any atom is -0.300 e. The second-order valence-electron chi connectivity index (χ2n) is 4.60. The predicted octanol–water partition coefficient (Wildman–Crippen LogP) is 4.12. The standard InChI is InChI=1S/C15H20F2N2S/c1-3-15(11-18,19-4-2)8-5-9-20-14-10-12(16)6-7-13(14)17/h6-7,10,19H,3-5,8-9H2,1-2H3. The fourth-order valence-corrected chi connectivity index (χ4v) is 2.96. The molecule has 0 saturated carbocycles. The van der Waals surface area contributed by atoms with Gasteiger partial charge in [0, 0.05) is 4.90 Å². The Morgan fingerprint density at radius 1 is 1.35 bits per heavy atom. The molecule has 1 N–H and O–H groups in total. The first-order valence-electron chi connectivity index (χ1n) is 6.81. The van der Waals surface area contributed by atoms with Crippen LogP contribution in [0.4, 0.5) is 8.78 Å². The average molecular weight is 298 g/mol. The maximum atomic E-state index is 13.4. The zero-order chi connectivity index (χ0) is 15.0. The Morgan fingerprint density at radius 3 is 2.70 bits per heavy atom. The van der Waals surface area contributed by atoms with Gasteiger partial charge in [-0.1, -0.05) is 13.8 Å². The van der Waals surface area contributed by atoms with Gasteiger partial charge in [0.2, 0.25) is 0 Å². The Balaban J connectivity index is 2.48. The molecule has 0 heterocycles. The van der Waals surface area contributed by atoms with E-state index in [0.717, 1.165) is 31.5 Å². The molecule has 1 rings (SSSR count). The van der Waals surface area contributed by atoms with Gasteiger partial charge in [0.1, 0.15) is 17.2 Å². The Bertz CT molecular complexity index is 473. The first-order chi connectivity index (χ1) is 9.56. The maximum Gasteiger partial charge on any atom is 0.136 e. The summed E-state index contributed by atoms with van der Waals surface area (Å²) in [6.45, 7) is 4.69. The molecule has 20 heavy (non-hydrogen) atoms. The van der Waals surface area contributed by atoms with E-state index in [-0.39, 0.29) is 0 Å². The van der Waals surface area contributed by atoms with Crippen molar-refractivity contribution < 1.29 is 8.78 Å². The van der Waals surface area contributed by atoms with Gasteiger partial charge in [-0.3, -0.25) is 5.32 Å². The van der Waals surface area contributed by atoms with Gasteiger partial charge in [0.05, 0.1) is 6.07 Å². The van der Waals surface area contributed by atoms with Crippen LogP contribution in [0.2, 0.25) is 0 Å². The molecule has 0 aromatic heterocycles. The van der Waals surface area contributed by atoms with Crippen molar-refractivity contribution in [2.45, 2.75) is 43.5 Å². The van der Waals surface area contributed by atoms with Crippen molar-refractivity contribution in [1.82, 2.24) is 5.32 Å². The van der Waals surface area contributed by atoms with Crippen LogP contribution < -0.4 is 5.32 Å². The Labute approximate surface area is 123 Å². The van der Waals surface area contributed by atoms with Crippen molar-refractivity contribution in [2.24, 2.45) is 0 Å². The molecule has 1 aromatic rings. The van der Waals surface area contributed by atoms with Gasteiger partial charge in [-0.05, 0) is 49.8 Å². The second kappa shape index (κ2) is 8.23. The van der Waals surface area contributed by atoms with Gasteiger partial charge in [0.25, 0.3) is 0 Å². The van der Waals surface area contributed by atoms with E-state index in [0.29, 0.717) is 17.1 Å². The van der Waals surface area contributed by atoms with Crippen molar-refractivity contribution in [3.8, 4) is 6.07 Å². The fraction of sp³-hybridized carbons (Fsp3) is 0.533. The molecule has 110 valence electrons. The highest BCUT2D eigenvalue weighted by Gasteiger charge is 2.25. The Kier molecular flexibility index (Phi) is 6.97. The van der Waals surface area contributed by atoms with Gasteiger partial charge in [0.15, 0.2) is 0 Å². The third-order valence-corrected chi connectivity index (χ3v) is 4.35. The van der Waals surface area contributed by atoms with Crippen LogP contribution in [-0.4, -0.2) is 17.8 Å². The molecular formula is C15H20F2N2S. The first-order valence-corrected chi connectivity index (χ1v) is 7.79. The molecule has 0 radical (unpaired) electrons. The first kappa shape index (κ1) is 16.9. The summed E-state index contributed by atoms with van der Waals surface area (Å²) < 4.78 is 26.5. The Hall–Kier alpha value is -1.12. The summed E-state index contributed by atoms with van der Waals surface area (Å²) in [6, 6.07) is 5.80. The molecule has 0 aliphatic rings. The number of hydrogen-bond acceptors (Lipinski definition) is 3. The molecular weight excluding hydrogens is 278 g/mol. The average Bonchev–Trinajstić information content (AvgIpc) is 2.46. The van der Waals surface area contributed by atoms with Crippen LogP contribution in [0, 0.1) is 23.0 Å². The van der Waals surface area contributed by atoms with Crippen LogP contribution >= 0.6 is 11.8 Å². The highest BCUT2D eigenvalue weighted by atomic mass is 32.2. The smallest absolute Gasteiger partial charge is 0.136 e. The van der Waals surface area contributed by atoms with Crippen molar-refractivity contribution in [3.05, 3.63) is 29.8 Å². The number of hydrogen-bond donors (Lipinski definition) is 1. The third-order valence-electron chi connectivity index (χ3n) is 3.23. The summed E-state index contributed by atoms with van der Waals surface area (Å²) in [6.07, 6.45) is 2.21. The van der Waals surface area contributed by atoms with Crippen molar-refractivity contribution >= 4 is 11.8 Å². The minimum absolute atomic E-state index is 0.326. The summed E-state index contributed by atoms with van der Waals surface area (Å²) >= 11 is 1.29. The molecule has 5 heteroatoms. The van der Waals surface area contributed by atoms with Crippen LogP contribution in [0.5, 0.6) is 0 Å². The normalized spacial score (nSPS) is 13.8. The number of rotatable bonds is 8. The van der Waals surface area contributed by atoms with Crippen molar-refractivity contribution in [3.63, 3.8) is 0 Å². The second-order valence-corrected chi connectivity index (χ2v) is 5.74. The maximum absolute atomic E-state index is 13.4. The molecule has 1 aromatic carbocycles. The molecule has 0 aliphatic carbocycles. The van der Waals surface area contributed by atoms with Crippen LogP contribution in [0.25, 0.3) is 0 Å². The van der Waals surface area contributed by atoms with E-state index in [4.69, 9.17) is 0 Å². The number of nitrogens with one attached hydrogen (secondary N) is 1. The lowest BCUT2D eigenvalue weighted by Gasteiger charge is -2.25. The van der Waals surface area contributed by atoms with Crippen LogP contribution in [0.3, 0.4) is 0 Å². The van der Waals surface area contributed by atoms with Crippen LogP contribution in [-0.2, 0) is 0 Å². The van der Waals surface area contributed by atoms with E-state index >= 15 is 0 Å². The van der Waals surface area contributed by atoms with E-state index in [1.807, 2.05) is 13.8 Å². The van der Waals surface area contributed by atoms with Gasteiger partial charge in [-0.2, -0.15) is 5.26 Å². The molecule has 0 saturated heterocycles. The highest BCUT2D eigenvalue weighted by Crippen LogP contribution is 2.25. The van der Waals surface area contributed by atoms with Gasteiger partial charge in [-0.25, -0.2) is 8.78 Å². The quantitative estimate of drug-likeness (QED) is 0.579. The number of benzene rings is 1. The van der Waals surface area contributed by atoms with E-state index in [1.54, 1.807) is 0 Å². The van der Waals surface area contributed by atoms with E-state index in [2.05, 4.69) is 11.4 Å². The van der Waals surface area contributed by atoms with E-state index in [1.165, 1.54) is 17.8 Å². The van der Waals surface area contributed by atoms with E-state index in [9.17, 15) is 14.0 Å². The third kappa shape index (κ3) is 4.77. The molecule has 0 aliphatic heterocycles. The number of nitriles is 1. The monoisotopic (exact) mass is 298 g/mol. The van der Waals surface area contributed by atoms with E-state index < -0.39 is 17.2 Å². The summed E-state index contributed by atoms with van der Waals surface area (Å²) in [5, 5.41) is 12.5. The lowest BCUT2D eigenvalue weighted by molar-refractivity contribution is 0.379. The van der Waals surface area contributed by atoms with Gasteiger partial charge < -0.3 is 0 Å². The highest BCUT2D eigenvalue weighted by molar-refractivity contribution is 7.99. The lowest BCUT2D eigenvalue weighted by Crippen LogP contribution is -2.43. The molecule has 0 fully saturated rings. The molecule has 0 bridgehead atoms. The molecule has 2 nitrogen and oxygen atoms in total. The topological polar surface area (TPSA) is 35.8 Å². The van der Waals surface area contributed by atoms with Crippen molar-refractivity contribution in [2.75, 3.05) is 12.3 Å². The predicted molar refractivity (Wildman–Crippen MR) is 78.6 cm³/mol. The molecule has 1 atom stereocenters. The minimum atomic E-state index is -0.504. The fourth-order valence-electron chi connectivity index (χ4n) is 2.05. The molecule has 0 spiro atoms. The molecule has 0 amide bonds. The SMILES string of the molecule is CCNC(C#N)(CC)CCCSc1cc(F)ccc1F. The van der Waals surface area contributed by atoms with Gasteiger partial charge >= 0.3 is 0 Å². The molecule has 1 unspecified atom stereocenters. The summed E-state index contributed by atoms with van der Waals surface area (Å²) in [7, 11) is 0. The zero-order valence-corrected chi connectivity index (χ0v) is 12.7. The zero-order valence-electron chi connectivity index (χ0n) is 11.9. The van der Waals surface area contributed by atoms with Crippen molar-refractivity contribution in [1.29, 1.82) is 5.26 Å². The van der Waals surface area contributed by atoms with Crippen LogP contribution in [0.1, 0.15) is 33.1 Å².